The minimum atomic E-state index is -3.72. The Morgan fingerprint density at radius 2 is 1.70 bits per heavy atom. The molecule has 1 fully saturated rings. The molecule has 6 nitrogen and oxygen atoms in total. The highest BCUT2D eigenvalue weighted by Crippen LogP contribution is 2.33. The van der Waals surface area contributed by atoms with Crippen LogP contribution in [0.1, 0.15) is 34.1 Å². The summed E-state index contributed by atoms with van der Waals surface area (Å²) in [5, 5.41) is 1.07. The number of para-hydroxylation sites is 2. The maximum Gasteiger partial charge on any atom is 0.261 e. The van der Waals surface area contributed by atoms with Crippen LogP contribution in [0.3, 0.4) is 0 Å². The van der Waals surface area contributed by atoms with E-state index in [2.05, 4.69) is 10.8 Å². The minimum absolute atomic E-state index is 0.0826. The van der Waals surface area contributed by atoms with Crippen LogP contribution in [-0.4, -0.2) is 37.3 Å². The van der Waals surface area contributed by atoms with E-state index < -0.39 is 10.0 Å². The van der Waals surface area contributed by atoms with Crippen LogP contribution in [0.4, 0.5) is 5.69 Å². The molecule has 1 aromatic heterocycles. The summed E-state index contributed by atoms with van der Waals surface area (Å²) in [6.07, 6.45) is 1.92. The number of hydrogen-bond donors (Lipinski definition) is 1. The predicted octanol–water partition coefficient (Wildman–Crippen LogP) is 5.12. The van der Waals surface area contributed by atoms with Gasteiger partial charge in [0, 0.05) is 30.3 Å². The molecule has 1 N–H and O–H groups in total. The zero-order valence-electron chi connectivity index (χ0n) is 17.8. The van der Waals surface area contributed by atoms with E-state index in [4.69, 9.17) is 4.98 Å². The molecule has 0 aliphatic carbocycles. The average Bonchev–Trinajstić information content (AvgIpc) is 3.29. The average molecular weight is 478 g/mol. The Kier molecular flexibility index (Phi) is 5.86. The monoisotopic (exact) mass is 477 g/mol. The van der Waals surface area contributed by atoms with Crippen molar-refractivity contribution in [2.45, 2.75) is 23.7 Å². The van der Waals surface area contributed by atoms with Gasteiger partial charge < -0.3 is 4.90 Å². The Bertz CT molecular complexity index is 1350. The standard InChI is InChI=1S/C25H23N3O3S2/c29-25(18-12-14-21(15-13-18)33(30,31)27-20-8-2-1-3-9-20)28-16-6-7-19(17-28)24-26-22-10-4-5-11-23(22)32-24/h1-5,8-15,19,27H,6-7,16-17H2/t19-/m1/s1. The van der Waals surface area contributed by atoms with Crippen molar-refractivity contribution in [3.05, 3.63) is 89.4 Å². The minimum Gasteiger partial charge on any atom is -0.338 e. The molecule has 4 aromatic rings. The second-order valence-electron chi connectivity index (χ2n) is 8.11. The molecular formula is C25H23N3O3S2. The van der Waals surface area contributed by atoms with Gasteiger partial charge >= 0.3 is 0 Å². The molecule has 168 valence electrons. The first-order chi connectivity index (χ1) is 16.0. The van der Waals surface area contributed by atoms with Gasteiger partial charge in [-0.3, -0.25) is 9.52 Å². The van der Waals surface area contributed by atoms with E-state index in [0.29, 0.717) is 24.3 Å². The predicted molar refractivity (Wildman–Crippen MR) is 131 cm³/mol. The molecule has 3 aromatic carbocycles. The third-order valence-corrected chi connectivity index (χ3v) is 8.40. The molecular weight excluding hydrogens is 454 g/mol. The van der Waals surface area contributed by atoms with Crippen LogP contribution in [0.25, 0.3) is 10.2 Å². The fourth-order valence-electron chi connectivity index (χ4n) is 4.11. The summed E-state index contributed by atoms with van der Waals surface area (Å²) < 4.78 is 29.0. The van der Waals surface area contributed by atoms with E-state index in [9.17, 15) is 13.2 Å². The SMILES string of the molecule is O=C(c1ccc(S(=O)(=O)Nc2ccccc2)cc1)N1CCC[C@@H](c2nc3ccccc3s2)C1. The number of rotatable bonds is 5. The Hall–Kier alpha value is -3.23. The number of thiazole rings is 1. The van der Waals surface area contributed by atoms with Crippen molar-refractivity contribution in [1.29, 1.82) is 0 Å². The number of nitrogens with zero attached hydrogens (tertiary/aromatic N) is 2. The first-order valence-corrected chi connectivity index (χ1v) is 13.1. The summed E-state index contributed by atoms with van der Waals surface area (Å²) in [5.41, 5.74) is 1.98. The van der Waals surface area contributed by atoms with Gasteiger partial charge in [-0.05, 0) is 61.4 Å². The maximum absolute atomic E-state index is 13.1. The number of piperidine rings is 1. The van der Waals surface area contributed by atoms with Crippen LogP contribution >= 0.6 is 11.3 Å². The maximum atomic E-state index is 13.1. The van der Waals surface area contributed by atoms with Gasteiger partial charge in [0.05, 0.1) is 20.1 Å². The van der Waals surface area contributed by atoms with Crippen molar-refractivity contribution < 1.29 is 13.2 Å². The number of hydrogen-bond acceptors (Lipinski definition) is 5. The Labute approximate surface area is 197 Å². The van der Waals surface area contributed by atoms with Gasteiger partial charge in [-0.1, -0.05) is 30.3 Å². The van der Waals surface area contributed by atoms with E-state index in [1.807, 2.05) is 29.2 Å². The normalized spacial score (nSPS) is 16.6. The van der Waals surface area contributed by atoms with Gasteiger partial charge in [-0.2, -0.15) is 0 Å². The number of amides is 1. The fourth-order valence-corrected chi connectivity index (χ4v) is 6.26. The molecule has 1 aliphatic heterocycles. The van der Waals surface area contributed by atoms with Crippen LogP contribution in [0, 0.1) is 0 Å². The lowest BCUT2D eigenvalue weighted by Gasteiger charge is -2.32. The smallest absolute Gasteiger partial charge is 0.261 e. The van der Waals surface area contributed by atoms with Crippen LogP contribution in [0.15, 0.2) is 83.8 Å². The molecule has 0 saturated carbocycles. The molecule has 33 heavy (non-hydrogen) atoms. The van der Waals surface area contributed by atoms with E-state index in [0.717, 1.165) is 28.1 Å². The van der Waals surface area contributed by atoms with Crippen molar-refractivity contribution in [2.24, 2.45) is 0 Å². The van der Waals surface area contributed by atoms with Crippen LogP contribution in [0.2, 0.25) is 0 Å². The number of aromatic nitrogens is 1. The highest BCUT2D eigenvalue weighted by molar-refractivity contribution is 7.92. The highest BCUT2D eigenvalue weighted by atomic mass is 32.2. The number of carbonyl (C=O) groups is 1. The zero-order valence-corrected chi connectivity index (χ0v) is 19.5. The number of likely N-dealkylation sites (tertiary alicyclic amines) is 1. The number of sulfonamides is 1. The Balaban J connectivity index is 1.29. The van der Waals surface area contributed by atoms with Gasteiger partial charge in [0.1, 0.15) is 0 Å². The molecule has 1 aliphatic rings. The van der Waals surface area contributed by atoms with Gasteiger partial charge in [-0.25, -0.2) is 13.4 Å². The molecule has 1 amide bonds. The van der Waals surface area contributed by atoms with E-state index in [1.165, 1.54) is 12.1 Å². The van der Waals surface area contributed by atoms with Crippen LogP contribution in [-0.2, 0) is 10.0 Å². The molecule has 2 heterocycles. The fraction of sp³-hybridized carbons (Fsp3) is 0.200. The van der Waals surface area contributed by atoms with Crippen molar-refractivity contribution in [1.82, 2.24) is 9.88 Å². The van der Waals surface area contributed by atoms with E-state index in [-0.39, 0.29) is 16.7 Å². The molecule has 0 radical (unpaired) electrons. The lowest BCUT2D eigenvalue weighted by atomic mass is 9.98. The number of benzene rings is 3. The third kappa shape index (κ3) is 4.62. The van der Waals surface area contributed by atoms with Crippen molar-refractivity contribution in [3.8, 4) is 0 Å². The molecule has 1 atom stereocenters. The number of fused-ring (bicyclic) bond motifs is 1. The number of anilines is 1. The summed E-state index contributed by atoms with van der Waals surface area (Å²) in [4.78, 5) is 19.9. The summed E-state index contributed by atoms with van der Waals surface area (Å²) in [5.74, 6) is 0.135. The van der Waals surface area contributed by atoms with Crippen molar-refractivity contribution >= 4 is 43.2 Å². The summed E-state index contributed by atoms with van der Waals surface area (Å²) in [7, 11) is -3.72. The summed E-state index contributed by atoms with van der Waals surface area (Å²) in [6, 6.07) is 22.9. The van der Waals surface area contributed by atoms with Gasteiger partial charge in [0.2, 0.25) is 0 Å². The molecule has 0 bridgehead atoms. The molecule has 1 saturated heterocycles. The van der Waals surface area contributed by atoms with Crippen LogP contribution in [0.5, 0.6) is 0 Å². The van der Waals surface area contributed by atoms with Crippen molar-refractivity contribution in [3.63, 3.8) is 0 Å². The van der Waals surface area contributed by atoms with Gasteiger partial charge in [0.15, 0.2) is 0 Å². The van der Waals surface area contributed by atoms with E-state index >= 15 is 0 Å². The molecule has 0 unspecified atom stereocenters. The second-order valence-corrected chi connectivity index (χ2v) is 10.9. The summed E-state index contributed by atoms with van der Waals surface area (Å²) >= 11 is 1.70. The van der Waals surface area contributed by atoms with Gasteiger partial charge in [0.25, 0.3) is 15.9 Å². The first-order valence-electron chi connectivity index (χ1n) is 10.8. The quantitative estimate of drug-likeness (QED) is 0.433. The molecule has 5 rings (SSSR count). The third-order valence-electron chi connectivity index (χ3n) is 5.81. The molecule has 8 heteroatoms. The van der Waals surface area contributed by atoms with Gasteiger partial charge in [-0.15, -0.1) is 11.3 Å². The van der Waals surface area contributed by atoms with Crippen molar-refractivity contribution in [2.75, 3.05) is 17.8 Å². The number of nitrogens with one attached hydrogen (secondary N) is 1. The second kappa shape index (κ2) is 8.96. The first kappa shape index (κ1) is 21.6. The topological polar surface area (TPSA) is 79.4 Å². The van der Waals surface area contributed by atoms with Crippen LogP contribution < -0.4 is 4.72 Å². The lowest BCUT2D eigenvalue weighted by Crippen LogP contribution is -2.39. The van der Waals surface area contributed by atoms with E-state index in [1.54, 1.807) is 47.7 Å². The Morgan fingerprint density at radius 3 is 2.45 bits per heavy atom. The summed E-state index contributed by atoms with van der Waals surface area (Å²) in [6.45, 7) is 1.31. The Morgan fingerprint density at radius 1 is 0.970 bits per heavy atom. The highest BCUT2D eigenvalue weighted by Gasteiger charge is 2.28. The largest absolute Gasteiger partial charge is 0.338 e. The lowest BCUT2D eigenvalue weighted by molar-refractivity contribution is 0.0707. The zero-order chi connectivity index (χ0) is 22.8. The number of carbonyl (C=O) groups excluding carboxylic acids is 1. The molecule has 0 spiro atoms.